The monoisotopic (exact) mass is 359 g/mol. The highest BCUT2D eigenvalue weighted by Gasteiger charge is 2.27. The smallest absolute Gasteiger partial charge is 0.305 e. The number of aliphatic carboxylic acids is 1. The Kier molecular flexibility index (Phi) is 6.40. The van der Waals surface area contributed by atoms with Crippen LogP contribution in [0.5, 0.6) is 0 Å². The molecule has 2 aromatic carbocycles. The predicted molar refractivity (Wildman–Crippen MR) is 87.7 cm³/mol. The quantitative estimate of drug-likeness (QED) is 0.856. The Labute approximate surface area is 143 Å². The van der Waals surface area contributed by atoms with E-state index in [1.165, 1.54) is 38.1 Å². The van der Waals surface area contributed by atoms with Crippen LogP contribution in [0.4, 0.5) is 13.2 Å². The first-order valence-corrected chi connectivity index (χ1v) is 6.96. The van der Waals surface area contributed by atoms with Crippen molar-refractivity contribution < 1.29 is 23.1 Å². The molecule has 0 spiro atoms. The number of carbonyl (C=O) groups is 1. The number of hydrogen-bond acceptors (Lipinski definition) is 2. The average molecular weight is 360 g/mol. The number of hydrogen-bond donors (Lipinski definition) is 2. The molecular weight excluding hydrogens is 343 g/mol. The van der Waals surface area contributed by atoms with E-state index in [-0.39, 0.29) is 34.7 Å². The lowest BCUT2D eigenvalue weighted by molar-refractivity contribution is -0.137. The van der Waals surface area contributed by atoms with E-state index in [2.05, 4.69) is 0 Å². The lowest BCUT2D eigenvalue weighted by atomic mass is 9.89. The summed E-state index contributed by atoms with van der Waals surface area (Å²) in [6.07, 6.45) is -0.632. The summed E-state index contributed by atoms with van der Waals surface area (Å²) in [5.41, 5.74) is 5.35. The van der Waals surface area contributed by atoms with Crippen molar-refractivity contribution in [3.05, 3.63) is 58.4 Å². The van der Waals surface area contributed by atoms with E-state index in [0.717, 1.165) is 0 Å². The van der Waals surface area contributed by atoms with Gasteiger partial charge in [-0.2, -0.15) is 0 Å². The van der Waals surface area contributed by atoms with Crippen molar-refractivity contribution in [2.45, 2.75) is 26.3 Å². The van der Waals surface area contributed by atoms with Crippen molar-refractivity contribution in [2.75, 3.05) is 0 Å². The number of rotatable bonds is 4. The molecule has 0 aliphatic rings. The fourth-order valence-electron chi connectivity index (χ4n) is 2.55. The Bertz CT molecular complexity index is 781. The molecule has 3 N–H and O–H groups in total. The maximum Gasteiger partial charge on any atom is 0.305 e. The van der Waals surface area contributed by atoms with Crippen molar-refractivity contribution in [2.24, 2.45) is 5.73 Å². The van der Waals surface area contributed by atoms with Crippen molar-refractivity contribution in [1.29, 1.82) is 0 Å². The molecule has 1 unspecified atom stereocenters. The third kappa shape index (κ3) is 3.55. The molecule has 0 bridgehead atoms. The minimum absolute atomic E-state index is 0. The van der Waals surface area contributed by atoms with Crippen molar-refractivity contribution in [1.82, 2.24) is 0 Å². The zero-order valence-electron chi connectivity index (χ0n) is 13.1. The van der Waals surface area contributed by atoms with E-state index < -0.39 is 41.4 Å². The third-order valence-electron chi connectivity index (χ3n) is 3.87. The molecule has 0 saturated carbocycles. The standard InChI is InChI=1S/C17H16F3NO2.ClH/c1-8-9(2)16(19)15(12(21)7-13(22)23)17(20)14(8)10-5-3-4-6-11(10)18;/h3-6,12H,7,21H2,1-2H3,(H,22,23);1H. The van der Waals surface area contributed by atoms with Crippen molar-refractivity contribution in [3.63, 3.8) is 0 Å². The van der Waals surface area contributed by atoms with Gasteiger partial charge in [-0.1, -0.05) is 18.2 Å². The number of nitrogens with two attached hydrogens (primary N) is 1. The van der Waals surface area contributed by atoms with Gasteiger partial charge in [-0.3, -0.25) is 4.79 Å². The summed E-state index contributed by atoms with van der Waals surface area (Å²) < 4.78 is 43.3. The summed E-state index contributed by atoms with van der Waals surface area (Å²) in [7, 11) is 0. The van der Waals surface area contributed by atoms with Gasteiger partial charge in [0.2, 0.25) is 0 Å². The van der Waals surface area contributed by atoms with Crippen LogP contribution in [0.15, 0.2) is 24.3 Å². The molecule has 24 heavy (non-hydrogen) atoms. The molecule has 0 aliphatic heterocycles. The summed E-state index contributed by atoms with van der Waals surface area (Å²) in [5.74, 6) is -3.85. The minimum Gasteiger partial charge on any atom is -0.481 e. The van der Waals surface area contributed by atoms with E-state index in [0.29, 0.717) is 0 Å². The summed E-state index contributed by atoms with van der Waals surface area (Å²) in [6, 6.07) is 4.18. The SMILES string of the molecule is Cc1c(C)c(-c2ccccc2F)c(F)c(C(N)CC(=O)O)c1F.Cl. The summed E-state index contributed by atoms with van der Waals surface area (Å²) in [6.45, 7) is 2.90. The Morgan fingerprint density at radius 2 is 1.71 bits per heavy atom. The van der Waals surface area contributed by atoms with E-state index in [4.69, 9.17) is 10.8 Å². The van der Waals surface area contributed by atoms with Crippen molar-refractivity contribution in [3.8, 4) is 11.1 Å². The van der Waals surface area contributed by atoms with Crippen LogP contribution >= 0.6 is 12.4 Å². The second-order valence-electron chi connectivity index (χ2n) is 5.35. The normalized spacial score (nSPS) is 11.8. The number of carboxylic acid groups (broad SMARTS) is 1. The predicted octanol–water partition coefficient (Wildman–Crippen LogP) is 4.28. The second kappa shape index (κ2) is 7.68. The van der Waals surface area contributed by atoms with Gasteiger partial charge in [-0.25, -0.2) is 13.2 Å². The molecule has 0 aromatic heterocycles. The van der Waals surface area contributed by atoms with E-state index in [1.54, 1.807) is 0 Å². The van der Waals surface area contributed by atoms with Crippen molar-refractivity contribution >= 4 is 18.4 Å². The molecule has 7 heteroatoms. The third-order valence-corrected chi connectivity index (χ3v) is 3.87. The first-order chi connectivity index (χ1) is 10.8. The summed E-state index contributed by atoms with van der Waals surface area (Å²) >= 11 is 0. The first kappa shape index (κ1) is 20.0. The molecule has 0 heterocycles. The zero-order chi connectivity index (χ0) is 17.3. The lowest BCUT2D eigenvalue weighted by Crippen LogP contribution is -2.20. The summed E-state index contributed by atoms with van der Waals surface area (Å²) in [4.78, 5) is 10.8. The van der Waals surface area contributed by atoms with Crippen LogP contribution in [0.3, 0.4) is 0 Å². The lowest BCUT2D eigenvalue weighted by Gasteiger charge is -2.19. The molecule has 0 fully saturated rings. The Balaban J connectivity index is 0.00000288. The molecule has 0 saturated heterocycles. The highest BCUT2D eigenvalue weighted by Crippen LogP contribution is 2.36. The van der Waals surface area contributed by atoms with Crippen LogP contribution in [0.1, 0.15) is 29.2 Å². The van der Waals surface area contributed by atoms with E-state index in [1.807, 2.05) is 0 Å². The maximum atomic E-state index is 14.9. The number of halogens is 4. The molecule has 3 nitrogen and oxygen atoms in total. The Morgan fingerprint density at radius 3 is 2.25 bits per heavy atom. The van der Waals surface area contributed by atoms with Gasteiger partial charge in [-0.05, 0) is 31.0 Å². The van der Waals surface area contributed by atoms with Gasteiger partial charge in [0, 0.05) is 22.7 Å². The van der Waals surface area contributed by atoms with Crippen LogP contribution < -0.4 is 5.73 Å². The van der Waals surface area contributed by atoms with Crippen LogP contribution in [0.25, 0.3) is 11.1 Å². The highest BCUT2D eigenvalue weighted by molar-refractivity contribution is 5.85. The average Bonchev–Trinajstić information content (AvgIpc) is 2.46. The molecule has 2 aromatic rings. The molecule has 2 rings (SSSR count). The van der Waals surface area contributed by atoms with Crippen LogP contribution in [-0.2, 0) is 4.79 Å². The number of carboxylic acids is 1. The molecule has 0 aliphatic carbocycles. The van der Waals surface area contributed by atoms with Gasteiger partial charge < -0.3 is 10.8 Å². The van der Waals surface area contributed by atoms with Gasteiger partial charge in [0.05, 0.1) is 6.42 Å². The van der Waals surface area contributed by atoms with Crippen LogP contribution in [0, 0.1) is 31.3 Å². The second-order valence-corrected chi connectivity index (χ2v) is 5.35. The van der Waals surface area contributed by atoms with Gasteiger partial charge in [-0.15, -0.1) is 12.4 Å². The maximum absolute atomic E-state index is 14.9. The fraction of sp³-hybridized carbons (Fsp3) is 0.235. The minimum atomic E-state index is -1.36. The molecule has 130 valence electrons. The van der Waals surface area contributed by atoms with E-state index >= 15 is 0 Å². The fourth-order valence-corrected chi connectivity index (χ4v) is 2.55. The molecule has 1 atom stereocenters. The van der Waals surface area contributed by atoms with E-state index in [9.17, 15) is 18.0 Å². The number of benzene rings is 2. The van der Waals surface area contributed by atoms with Gasteiger partial charge in [0.1, 0.15) is 17.5 Å². The Morgan fingerprint density at radius 1 is 1.12 bits per heavy atom. The molecule has 0 radical (unpaired) electrons. The van der Waals surface area contributed by atoms with Gasteiger partial charge in [0.15, 0.2) is 0 Å². The van der Waals surface area contributed by atoms with Crippen LogP contribution in [0.2, 0.25) is 0 Å². The first-order valence-electron chi connectivity index (χ1n) is 6.96. The zero-order valence-corrected chi connectivity index (χ0v) is 13.9. The Hall–Kier alpha value is -2.05. The van der Waals surface area contributed by atoms with Gasteiger partial charge >= 0.3 is 5.97 Å². The molecule has 0 amide bonds. The summed E-state index contributed by atoms with van der Waals surface area (Å²) in [5, 5.41) is 8.80. The van der Waals surface area contributed by atoms with Crippen LogP contribution in [-0.4, -0.2) is 11.1 Å². The van der Waals surface area contributed by atoms with Gasteiger partial charge in [0.25, 0.3) is 0 Å². The highest BCUT2D eigenvalue weighted by atomic mass is 35.5. The largest absolute Gasteiger partial charge is 0.481 e. The topological polar surface area (TPSA) is 63.3 Å². The molecular formula is C17H17ClF3NO2.